The first-order chi connectivity index (χ1) is 14.4. The van der Waals surface area contributed by atoms with E-state index in [1.807, 2.05) is 31.2 Å². The van der Waals surface area contributed by atoms with Gasteiger partial charge in [0.2, 0.25) is 0 Å². The molecule has 0 atom stereocenters. The number of rotatable bonds is 4. The lowest BCUT2D eigenvalue weighted by molar-refractivity contribution is 0.0697. The van der Waals surface area contributed by atoms with Gasteiger partial charge in [0.25, 0.3) is 0 Å². The third-order valence-corrected chi connectivity index (χ3v) is 5.10. The zero-order chi connectivity index (χ0) is 21.3. The van der Waals surface area contributed by atoms with Gasteiger partial charge in [0.1, 0.15) is 11.3 Å². The van der Waals surface area contributed by atoms with Crippen LogP contribution in [0.1, 0.15) is 41.3 Å². The molecule has 0 amide bonds. The fraction of sp³-hybridized carbons (Fsp3) is 0.154. The van der Waals surface area contributed by atoms with Crippen LogP contribution in [0, 0.1) is 6.92 Å². The highest BCUT2D eigenvalue weighted by Crippen LogP contribution is 2.25. The SMILES string of the molecule is Cc1ccc2oc(-c3ccc(C(C)C)cc3)cc(=Nc3cccc(C(=O)O)c3)c2c1. The maximum absolute atomic E-state index is 11.3. The molecule has 30 heavy (non-hydrogen) atoms. The van der Waals surface area contributed by atoms with Crippen LogP contribution in [0.4, 0.5) is 5.69 Å². The van der Waals surface area contributed by atoms with Crippen molar-refractivity contribution in [3.63, 3.8) is 0 Å². The number of carbonyl (C=O) groups is 1. The Kier molecular flexibility index (Phi) is 5.23. The molecule has 4 heteroatoms. The van der Waals surface area contributed by atoms with Crippen LogP contribution in [0.15, 0.2) is 82.2 Å². The molecular weight excluding hydrogens is 374 g/mol. The van der Waals surface area contributed by atoms with Crippen LogP contribution < -0.4 is 5.36 Å². The van der Waals surface area contributed by atoms with Gasteiger partial charge in [0.05, 0.1) is 16.6 Å². The van der Waals surface area contributed by atoms with Crippen LogP contribution in [0.2, 0.25) is 0 Å². The highest BCUT2D eigenvalue weighted by molar-refractivity contribution is 5.88. The number of carboxylic acids is 1. The summed E-state index contributed by atoms with van der Waals surface area (Å²) in [5, 5.41) is 10.9. The smallest absolute Gasteiger partial charge is 0.335 e. The number of hydrogen-bond acceptors (Lipinski definition) is 3. The molecule has 1 aromatic heterocycles. The molecule has 4 nitrogen and oxygen atoms in total. The summed E-state index contributed by atoms with van der Waals surface area (Å²) >= 11 is 0. The van der Waals surface area contributed by atoms with Gasteiger partial charge in [0.15, 0.2) is 0 Å². The highest BCUT2D eigenvalue weighted by Gasteiger charge is 2.08. The molecule has 0 fully saturated rings. The van der Waals surface area contributed by atoms with Gasteiger partial charge in [-0.3, -0.25) is 0 Å². The van der Waals surface area contributed by atoms with Gasteiger partial charge in [-0.15, -0.1) is 0 Å². The number of aromatic carboxylic acids is 1. The first-order valence-corrected chi connectivity index (χ1v) is 9.93. The Hall–Kier alpha value is -3.66. The summed E-state index contributed by atoms with van der Waals surface area (Å²) in [4.78, 5) is 16.1. The minimum atomic E-state index is -0.971. The number of aryl methyl sites for hydroxylation is 1. The average Bonchev–Trinajstić information content (AvgIpc) is 2.74. The molecule has 150 valence electrons. The van der Waals surface area contributed by atoms with E-state index in [9.17, 15) is 9.90 Å². The molecule has 0 aliphatic heterocycles. The van der Waals surface area contributed by atoms with Gasteiger partial charge in [0, 0.05) is 17.0 Å². The lowest BCUT2D eigenvalue weighted by Gasteiger charge is -2.08. The summed E-state index contributed by atoms with van der Waals surface area (Å²) in [5.41, 5.74) is 4.87. The van der Waals surface area contributed by atoms with E-state index in [4.69, 9.17) is 9.41 Å². The number of benzene rings is 3. The van der Waals surface area contributed by atoms with Crippen LogP contribution in [-0.2, 0) is 0 Å². The zero-order valence-electron chi connectivity index (χ0n) is 17.2. The third kappa shape index (κ3) is 4.03. The number of fused-ring (bicyclic) bond motifs is 1. The third-order valence-electron chi connectivity index (χ3n) is 5.10. The molecule has 0 spiro atoms. The van der Waals surface area contributed by atoms with Gasteiger partial charge < -0.3 is 9.52 Å². The Balaban J connectivity index is 1.92. The molecule has 0 bridgehead atoms. The Labute approximate surface area is 175 Å². The van der Waals surface area contributed by atoms with Crippen LogP contribution >= 0.6 is 0 Å². The number of nitrogens with zero attached hydrogens (tertiary/aromatic N) is 1. The predicted molar refractivity (Wildman–Crippen MR) is 119 cm³/mol. The molecule has 0 saturated carbocycles. The van der Waals surface area contributed by atoms with Crippen LogP contribution in [0.5, 0.6) is 0 Å². The standard InChI is InChI=1S/C26H23NO3/c1-16(2)18-8-10-19(11-9-18)25-15-23(22-13-17(3)7-12-24(22)30-25)27-21-6-4-5-20(14-21)26(28)29/h4-16H,1-3H3,(H,28,29). The first kappa shape index (κ1) is 19.6. The fourth-order valence-corrected chi connectivity index (χ4v) is 3.40. The number of hydrogen-bond donors (Lipinski definition) is 1. The van der Waals surface area contributed by atoms with Crippen LogP contribution in [-0.4, -0.2) is 11.1 Å². The molecule has 0 aliphatic rings. The second-order valence-corrected chi connectivity index (χ2v) is 7.74. The van der Waals surface area contributed by atoms with E-state index in [1.54, 1.807) is 24.3 Å². The summed E-state index contributed by atoms with van der Waals surface area (Å²) in [6.45, 7) is 6.35. The fourth-order valence-electron chi connectivity index (χ4n) is 3.40. The predicted octanol–water partition coefficient (Wildman–Crippen LogP) is 6.46. The summed E-state index contributed by atoms with van der Waals surface area (Å²) in [6.07, 6.45) is 0. The van der Waals surface area contributed by atoms with Gasteiger partial charge in [-0.05, 0) is 48.7 Å². The molecule has 0 saturated heterocycles. The molecule has 4 aromatic rings. The Morgan fingerprint density at radius 3 is 2.43 bits per heavy atom. The maximum Gasteiger partial charge on any atom is 0.335 e. The van der Waals surface area contributed by atoms with E-state index in [0.29, 0.717) is 11.6 Å². The zero-order valence-corrected chi connectivity index (χ0v) is 17.2. The van der Waals surface area contributed by atoms with Crippen molar-refractivity contribution in [2.24, 2.45) is 4.99 Å². The van der Waals surface area contributed by atoms with Crippen molar-refractivity contribution in [2.45, 2.75) is 26.7 Å². The van der Waals surface area contributed by atoms with E-state index >= 15 is 0 Å². The average molecular weight is 397 g/mol. The topological polar surface area (TPSA) is 62.8 Å². The van der Waals surface area contributed by atoms with Crippen molar-refractivity contribution >= 4 is 22.6 Å². The van der Waals surface area contributed by atoms with E-state index < -0.39 is 5.97 Å². The Morgan fingerprint density at radius 1 is 0.967 bits per heavy atom. The first-order valence-electron chi connectivity index (χ1n) is 9.93. The Bertz CT molecular complexity index is 1300. The van der Waals surface area contributed by atoms with Crippen molar-refractivity contribution in [1.82, 2.24) is 0 Å². The van der Waals surface area contributed by atoms with E-state index in [2.05, 4.69) is 38.1 Å². The largest absolute Gasteiger partial charge is 0.478 e. The van der Waals surface area contributed by atoms with Gasteiger partial charge in [-0.2, -0.15) is 0 Å². The highest BCUT2D eigenvalue weighted by atomic mass is 16.4. The van der Waals surface area contributed by atoms with Crippen LogP contribution in [0.3, 0.4) is 0 Å². The molecule has 0 unspecified atom stereocenters. The van der Waals surface area contributed by atoms with E-state index in [1.165, 1.54) is 5.56 Å². The maximum atomic E-state index is 11.3. The normalized spacial score (nSPS) is 11.9. The lowest BCUT2D eigenvalue weighted by atomic mass is 10.0. The van der Waals surface area contributed by atoms with Gasteiger partial charge in [-0.25, -0.2) is 9.79 Å². The van der Waals surface area contributed by atoms with E-state index in [0.717, 1.165) is 33.2 Å². The monoisotopic (exact) mass is 397 g/mol. The number of carboxylic acid groups (broad SMARTS) is 1. The van der Waals surface area contributed by atoms with Crippen molar-refractivity contribution in [3.05, 3.63) is 94.8 Å². The van der Waals surface area contributed by atoms with E-state index in [-0.39, 0.29) is 5.56 Å². The summed E-state index contributed by atoms with van der Waals surface area (Å²) in [6, 6.07) is 22.9. The molecule has 1 heterocycles. The molecular formula is C26H23NO3. The molecule has 0 aliphatic carbocycles. The summed E-state index contributed by atoms with van der Waals surface area (Å²) < 4.78 is 6.19. The van der Waals surface area contributed by atoms with Crippen LogP contribution in [0.25, 0.3) is 22.3 Å². The van der Waals surface area contributed by atoms with Gasteiger partial charge in [-0.1, -0.05) is 55.8 Å². The second-order valence-electron chi connectivity index (χ2n) is 7.74. The minimum absolute atomic E-state index is 0.210. The van der Waals surface area contributed by atoms with Gasteiger partial charge >= 0.3 is 5.97 Å². The van der Waals surface area contributed by atoms with Crippen molar-refractivity contribution in [1.29, 1.82) is 0 Å². The molecule has 4 rings (SSSR count). The molecule has 0 radical (unpaired) electrons. The molecule has 3 aromatic carbocycles. The minimum Gasteiger partial charge on any atom is -0.478 e. The van der Waals surface area contributed by atoms with Crippen molar-refractivity contribution in [2.75, 3.05) is 0 Å². The quantitative estimate of drug-likeness (QED) is 0.430. The summed E-state index contributed by atoms with van der Waals surface area (Å²) in [5.74, 6) is 0.208. The Morgan fingerprint density at radius 2 is 1.73 bits per heavy atom. The molecule has 1 N–H and O–H groups in total. The lowest BCUT2D eigenvalue weighted by Crippen LogP contribution is -2.04. The van der Waals surface area contributed by atoms with Crippen molar-refractivity contribution in [3.8, 4) is 11.3 Å². The van der Waals surface area contributed by atoms with Crippen molar-refractivity contribution < 1.29 is 14.3 Å². The summed E-state index contributed by atoms with van der Waals surface area (Å²) in [7, 11) is 0. The second kappa shape index (κ2) is 7.99.